The van der Waals surface area contributed by atoms with Crippen molar-refractivity contribution in [1.82, 2.24) is 9.97 Å². The Kier molecular flexibility index (Phi) is 3.62. The highest BCUT2D eigenvalue weighted by Gasteiger charge is 2.09. The van der Waals surface area contributed by atoms with Crippen LogP contribution >= 0.6 is 23.4 Å². The second-order valence-corrected chi connectivity index (χ2v) is 4.72. The van der Waals surface area contributed by atoms with Gasteiger partial charge in [-0.3, -0.25) is 0 Å². The van der Waals surface area contributed by atoms with Crippen molar-refractivity contribution in [3.05, 3.63) is 46.7 Å². The van der Waals surface area contributed by atoms with E-state index >= 15 is 0 Å². The fourth-order valence-electron chi connectivity index (χ4n) is 1.27. The molecule has 0 aliphatic carbocycles. The van der Waals surface area contributed by atoms with Gasteiger partial charge in [0.25, 0.3) is 0 Å². The number of benzene rings is 1. The second-order valence-electron chi connectivity index (χ2n) is 3.31. The maximum absolute atomic E-state index is 9.04. The van der Waals surface area contributed by atoms with Gasteiger partial charge >= 0.3 is 0 Å². The van der Waals surface area contributed by atoms with Crippen molar-refractivity contribution in [2.75, 3.05) is 0 Å². The maximum atomic E-state index is 9.04. The molecule has 0 fully saturated rings. The van der Waals surface area contributed by atoms with Crippen LogP contribution < -0.4 is 0 Å². The fourth-order valence-corrected chi connectivity index (χ4v) is 2.45. The lowest BCUT2D eigenvalue weighted by Gasteiger charge is -2.04. The van der Waals surface area contributed by atoms with Crippen LogP contribution in [0.2, 0.25) is 5.02 Å². The van der Waals surface area contributed by atoms with E-state index in [1.165, 1.54) is 11.8 Å². The molecule has 0 atom stereocenters. The number of aryl methyl sites for hydroxylation is 1. The summed E-state index contributed by atoms with van der Waals surface area (Å²) in [5.74, 6) is 0. The third-order valence-corrected chi connectivity index (χ3v) is 3.32. The van der Waals surface area contributed by atoms with Crippen LogP contribution in [0, 0.1) is 18.3 Å². The molecule has 0 unspecified atom stereocenters. The zero-order valence-electron chi connectivity index (χ0n) is 9.01. The molecule has 0 aliphatic heterocycles. The van der Waals surface area contributed by atoms with Crippen molar-refractivity contribution < 1.29 is 0 Å². The molecule has 0 N–H and O–H groups in total. The van der Waals surface area contributed by atoms with Gasteiger partial charge in [0, 0.05) is 16.8 Å². The lowest BCUT2D eigenvalue weighted by molar-refractivity contribution is 0.932. The Morgan fingerprint density at radius 2 is 2.18 bits per heavy atom. The number of nitriles is 1. The van der Waals surface area contributed by atoms with E-state index < -0.39 is 0 Å². The fraction of sp³-hybridized carbons (Fsp3) is 0.0833. The van der Waals surface area contributed by atoms with Gasteiger partial charge in [0.2, 0.25) is 0 Å². The van der Waals surface area contributed by atoms with E-state index in [1.54, 1.807) is 18.3 Å². The van der Waals surface area contributed by atoms with Gasteiger partial charge in [-0.25, -0.2) is 9.97 Å². The van der Waals surface area contributed by atoms with Gasteiger partial charge in [-0.05, 0) is 36.9 Å². The molecule has 84 valence electrons. The molecule has 1 heterocycles. The molecular weight excluding hydrogens is 254 g/mol. The molecule has 0 radical (unpaired) electrons. The number of rotatable bonds is 2. The van der Waals surface area contributed by atoms with E-state index in [-0.39, 0.29) is 0 Å². The number of nitrogens with zero attached hydrogens (tertiary/aromatic N) is 3. The predicted molar refractivity (Wildman–Crippen MR) is 67.1 cm³/mol. The van der Waals surface area contributed by atoms with Crippen molar-refractivity contribution in [1.29, 1.82) is 5.26 Å². The van der Waals surface area contributed by atoms with E-state index in [2.05, 4.69) is 16.0 Å². The van der Waals surface area contributed by atoms with Gasteiger partial charge in [0.15, 0.2) is 5.16 Å². The number of halogens is 1. The molecule has 1 aromatic heterocycles. The maximum Gasteiger partial charge on any atom is 0.192 e. The summed E-state index contributed by atoms with van der Waals surface area (Å²) < 4.78 is 0. The summed E-state index contributed by atoms with van der Waals surface area (Å²) in [5, 5.41) is 10.1. The summed E-state index contributed by atoms with van der Waals surface area (Å²) in [6, 6.07) is 9.25. The first-order valence-electron chi connectivity index (χ1n) is 4.87. The van der Waals surface area contributed by atoms with E-state index in [9.17, 15) is 0 Å². The molecule has 2 rings (SSSR count). The molecule has 0 saturated heterocycles. The van der Waals surface area contributed by atoms with Crippen LogP contribution in [0.4, 0.5) is 0 Å². The van der Waals surface area contributed by atoms with Crippen LogP contribution in [0.1, 0.15) is 11.3 Å². The van der Waals surface area contributed by atoms with Gasteiger partial charge in [0.05, 0.1) is 10.6 Å². The highest BCUT2D eigenvalue weighted by Crippen LogP contribution is 2.31. The van der Waals surface area contributed by atoms with Crippen LogP contribution in [0.3, 0.4) is 0 Å². The average molecular weight is 262 g/mol. The van der Waals surface area contributed by atoms with Gasteiger partial charge in [-0.2, -0.15) is 5.26 Å². The normalized spacial score (nSPS) is 9.94. The van der Waals surface area contributed by atoms with Crippen molar-refractivity contribution in [2.45, 2.75) is 17.0 Å². The van der Waals surface area contributed by atoms with Gasteiger partial charge < -0.3 is 0 Å². The van der Waals surface area contributed by atoms with Crippen molar-refractivity contribution in [3.8, 4) is 6.07 Å². The second kappa shape index (κ2) is 5.17. The third kappa shape index (κ3) is 2.76. The minimum atomic E-state index is 0.449. The Labute approximate surface area is 108 Å². The SMILES string of the molecule is Cc1ccnc(Sc2cccc(Cl)c2C#N)n1. The molecule has 5 heteroatoms. The average Bonchev–Trinajstić information content (AvgIpc) is 2.29. The summed E-state index contributed by atoms with van der Waals surface area (Å²) in [5.41, 5.74) is 1.35. The van der Waals surface area contributed by atoms with Crippen LogP contribution in [-0.4, -0.2) is 9.97 Å². The standard InChI is InChI=1S/C12H8ClN3S/c1-8-5-6-15-12(16-8)17-11-4-2-3-10(13)9(11)7-14/h2-6H,1H3. The van der Waals surface area contributed by atoms with Gasteiger partial charge in [-0.15, -0.1) is 0 Å². The van der Waals surface area contributed by atoms with Crippen LogP contribution in [-0.2, 0) is 0 Å². The molecule has 0 bridgehead atoms. The molecule has 17 heavy (non-hydrogen) atoms. The summed E-state index contributed by atoms with van der Waals surface area (Å²) in [4.78, 5) is 9.18. The number of hydrogen-bond acceptors (Lipinski definition) is 4. The summed E-state index contributed by atoms with van der Waals surface area (Å²) in [6.45, 7) is 1.90. The molecule has 0 saturated carbocycles. The lowest BCUT2D eigenvalue weighted by atomic mass is 10.2. The summed E-state index contributed by atoms with van der Waals surface area (Å²) in [6.07, 6.45) is 1.70. The molecular formula is C12H8ClN3S. The van der Waals surface area contributed by atoms with E-state index in [1.807, 2.05) is 19.1 Å². The highest BCUT2D eigenvalue weighted by molar-refractivity contribution is 7.99. The number of hydrogen-bond donors (Lipinski definition) is 0. The summed E-state index contributed by atoms with van der Waals surface area (Å²) in [7, 11) is 0. The Morgan fingerprint density at radius 1 is 1.35 bits per heavy atom. The first-order valence-corrected chi connectivity index (χ1v) is 6.06. The van der Waals surface area contributed by atoms with E-state index in [0.717, 1.165) is 10.6 Å². The highest BCUT2D eigenvalue weighted by atomic mass is 35.5. The third-order valence-electron chi connectivity index (χ3n) is 2.06. The monoisotopic (exact) mass is 261 g/mol. The molecule has 0 aliphatic rings. The Hall–Kier alpha value is -1.57. The minimum Gasteiger partial charge on any atom is -0.231 e. The molecule has 3 nitrogen and oxygen atoms in total. The topological polar surface area (TPSA) is 49.6 Å². The molecule has 2 aromatic rings. The Bertz CT molecular complexity index is 593. The summed E-state index contributed by atoms with van der Waals surface area (Å²) >= 11 is 7.29. The predicted octanol–water partition coefficient (Wildman–Crippen LogP) is 3.46. The first-order chi connectivity index (χ1) is 8.20. The zero-order valence-corrected chi connectivity index (χ0v) is 10.6. The van der Waals surface area contributed by atoms with Crippen LogP contribution in [0.25, 0.3) is 0 Å². The molecule has 0 spiro atoms. The Balaban J connectivity index is 2.37. The van der Waals surface area contributed by atoms with Crippen molar-refractivity contribution in [2.24, 2.45) is 0 Å². The van der Waals surface area contributed by atoms with Gasteiger partial charge in [0.1, 0.15) is 6.07 Å². The van der Waals surface area contributed by atoms with Crippen LogP contribution in [0.15, 0.2) is 40.5 Å². The largest absolute Gasteiger partial charge is 0.231 e. The zero-order chi connectivity index (χ0) is 12.3. The molecule has 0 amide bonds. The van der Waals surface area contributed by atoms with Crippen LogP contribution in [0.5, 0.6) is 0 Å². The van der Waals surface area contributed by atoms with Crippen molar-refractivity contribution in [3.63, 3.8) is 0 Å². The Morgan fingerprint density at radius 3 is 2.88 bits per heavy atom. The van der Waals surface area contributed by atoms with Gasteiger partial charge in [-0.1, -0.05) is 17.7 Å². The van der Waals surface area contributed by atoms with E-state index in [0.29, 0.717) is 15.7 Å². The van der Waals surface area contributed by atoms with Crippen molar-refractivity contribution >= 4 is 23.4 Å². The van der Waals surface area contributed by atoms with E-state index in [4.69, 9.17) is 16.9 Å². The lowest BCUT2D eigenvalue weighted by Crippen LogP contribution is -1.89. The first kappa shape index (κ1) is 11.9. The number of aromatic nitrogens is 2. The smallest absolute Gasteiger partial charge is 0.192 e. The molecule has 1 aromatic carbocycles. The quantitative estimate of drug-likeness (QED) is 0.777. The minimum absolute atomic E-state index is 0.449.